The van der Waals surface area contributed by atoms with Crippen LogP contribution in [0.25, 0.3) is 0 Å². The summed E-state index contributed by atoms with van der Waals surface area (Å²) in [6.07, 6.45) is 5.13. The number of hydrogen-bond donors (Lipinski definition) is 1. The molecule has 0 aromatic heterocycles. The van der Waals surface area contributed by atoms with Crippen LogP contribution in [0, 0.1) is 25.9 Å². The summed E-state index contributed by atoms with van der Waals surface area (Å²) in [5.41, 5.74) is 4.01. The minimum absolute atomic E-state index is 0.0336. The molecule has 4 nitrogen and oxygen atoms in total. The van der Waals surface area contributed by atoms with E-state index >= 15 is 0 Å². The lowest BCUT2D eigenvalue weighted by Gasteiger charge is -2.19. The van der Waals surface area contributed by atoms with Crippen molar-refractivity contribution in [2.45, 2.75) is 46.6 Å². The van der Waals surface area contributed by atoms with Gasteiger partial charge in [-0.05, 0) is 74.6 Å². The molecule has 0 amide bonds. The Bertz CT molecular complexity index is 907. The number of allylic oxidation sites excluding steroid dienone is 1. The highest BCUT2D eigenvalue weighted by Gasteiger charge is 2.16. The number of aryl methyl sites for hydroxylation is 2. The number of benzene rings is 2. The monoisotopic (exact) mass is 400 g/mol. The molecule has 148 valence electrons. The van der Waals surface area contributed by atoms with Gasteiger partial charge in [-0.25, -0.2) is 0 Å². The zero-order valence-corrected chi connectivity index (χ0v) is 17.4. The number of hydrogen-bond acceptors (Lipinski definition) is 4. The van der Waals surface area contributed by atoms with E-state index in [2.05, 4.69) is 23.5 Å². The van der Waals surface area contributed by atoms with Gasteiger partial charge in [0, 0.05) is 6.42 Å². The van der Waals surface area contributed by atoms with E-state index in [1.54, 1.807) is 0 Å². The second kappa shape index (κ2) is 10.1. The summed E-state index contributed by atoms with van der Waals surface area (Å²) in [6, 6.07) is 7.67. The van der Waals surface area contributed by atoms with Gasteiger partial charge in [-0.15, -0.1) is 6.58 Å². The first-order valence-electron chi connectivity index (χ1n) is 9.02. The summed E-state index contributed by atoms with van der Waals surface area (Å²) < 4.78 is 12.2. The Morgan fingerprint density at radius 2 is 1.89 bits per heavy atom. The Balaban J connectivity index is 2.46. The first-order valence-corrected chi connectivity index (χ1v) is 9.39. The topological polar surface area (TPSA) is 47.9 Å². The van der Waals surface area contributed by atoms with E-state index in [0.717, 1.165) is 28.7 Å². The molecular formula is C23H25ClO4. The van der Waals surface area contributed by atoms with E-state index in [1.807, 2.05) is 58.0 Å². The summed E-state index contributed by atoms with van der Waals surface area (Å²) in [5.74, 6) is 4.51. The lowest BCUT2D eigenvalue weighted by Crippen LogP contribution is -2.08. The van der Waals surface area contributed by atoms with Gasteiger partial charge in [-0.2, -0.15) is 5.26 Å². The zero-order valence-electron chi connectivity index (χ0n) is 16.6. The minimum Gasteiger partial charge on any atom is -0.487 e. The van der Waals surface area contributed by atoms with Crippen LogP contribution < -0.4 is 9.47 Å². The third kappa shape index (κ3) is 5.69. The molecule has 0 radical (unpaired) electrons. The van der Waals surface area contributed by atoms with Crippen molar-refractivity contribution in [2.24, 2.45) is 0 Å². The van der Waals surface area contributed by atoms with E-state index in [-0.39, 0.29) is 6.10 Å². The molecular weight excluding hydrogens is 376 g/mol. The Morgan fingerprint density at radius 3 is 2.54 bits per heavy atom. The maximum Gasteiger partial charge on any atom is 0.172 e. The quantitative estimate of drug-likeness (QED) is 0.258. The smallest absolute Gasteiger partial charge is 0.172 e. The molecule has 0 aliphatic heterocycles. The van der Waals surface area contributed by atoms with Crippen molar-refractivity contribution in [3.63, 3.8) is 0 Å². The van der Waals surface area contributed by atoms with Gasteiger partial charge in [0.1, 0.15) is 5.75 Å². The minimum atomic E-state index is -0.0336. The highest BCUT2D eigenvalue weighted by molar-refractivity contribution is 6.32. The predicted octanol–water partition coefficient (Wildman–Crippen LogP) is 6.26. The van der Waals surface area contributed by atoms with Crippen molar-refractivity contribution in [2.75, 3.05) is 0 Å². The third-order valence-corrected chi connectivity index (χ3v) is 4.34. The maximum absolute atomic E-state index is 8.35. The molecule has 0 fully saturated rings. The van der Waals surface area contributed by atoms with Crippen molar-refractivity contribution in [3.05, 3.63) is 64.2 Å². The number of halogens is 1. The lowest BCUT2D eigenvalue weighted by atomic mass is 10.0. The van der Waals surface area contributed by atoms with E-state index in [0.29, 0.717) is 28.7 Å². The second-order valence-electron chi connectivity index (χ2n) is 6.76. The SMILES string of the molecule is C=CCc1cc(Oc2c(C)cc(CC#COO)cc2OC(C)C)c(Cl)cc1C. The van der Waals surface area contributed by atoms with E-state index in [4.69, 9.17) is 26.3 Å². The summed E-state index contributed by atoms with van der Waals surface area (Å²) in [6.45, 7) is 11.7. The van der Waals surface area contributed by atoms with Crippen LogP contribution in [0.15, 0.2) is 36.9 Å². The highest BCUT2D eigenvalue weighted by atomic mass is 35.5. The molecule has 0 unspecified atom stereocenters. The van der Waals surface area contributed by atoms with Crippen LogP contribution in [-0.2, 0) is 17.7 Å². The van der Waals surface area contributed by atoms with Crippen molar-refractivity contribution < 1.29 is 19.6 Å². The molecule has 2 aromatic rings. The average Bonchev–Trinajstić information content (AvgIpc) is 2.61. The van der Waals surface area contributed by atoms with Gasteiger partial charge in [0.15, 0.2) is 17.6 Å². The first-order chi connectivity index (χ1) is 13.3. The summed E-state index contributed by atoms with van der Waals surface area (Å²) in [5, 5.41) is 8.89. The molecule has 0 saturated heterocycles. The molecule has 0 spiro atoms. The molecule has 0 heterocycles. The van der Waals surface area contributed by atoms with Gasteiger partial charge >= 0.3 is 0 Å². The molecule has 0 bridgehead atoms. The van der Waals surface area contributed by atoms with Gasteiger partial charge in [-0.1, -0.05) is 29.7 Å². The van der Waals surface area contributed by atoms with Crippen LogP contribution in [0.1, 0.15) is 36.1 Å². The molecule has 5 heteroatoms. The van der Waals surface area contributed by atoms with Gasteiger partial charge in [0.05, 0.1) is 11.1 Å². The molecule has 28 heavy (non-hydrogen) atoms. The Hall–Kier alpha value is -2.61. The molecule has 2 rings (SSSR count). The molecule has 0 aliphatic carbocycles. The Labute approximate surface area is 171 Å². The largest absolute Gasteiger partial charge is 0.487 e. The normalized spacial score (nSPS) is 10.2. The van der Waals surface area contributed by atoms with Crippen molar-refractivity contribution in [3.8, 4) is 29.3 Å². The van der Waals surface area contributed by atoms with Crippen molar-refractivity contribution >= 4 is 11.6 Å². The van der Waals surface area contributed by atoms with Gasteiger partial charge in [0.25, 0.3) is 0 Å². The molecule has 2 aromatic carbocycles. The fourth-order valence-corrected chi connectivity index (χ4v) is 3.07. The van der Waals surface area contributed by atoms with Crippen LogP contribution in [0.4, 0.5) is 0 Å². The second-order valence-corrected chi connectivity index (χ2v) is 7.16. The van der Waals surface area contributed by atoms with E-state index < -0.39 is 0 Å². The van der Waals surface area contributed by atoms with Crippen LogP contribution in [-0.4, -0.2) is 11.4 Å². The van der Waals surface area contributed by atoms with Crippen LogP contribution in [0.2, 0.25) is 5.02 Å². The van der Waals surface area contributed by atoms with Crippen LogP contribution >= 0.6 is 11.6 Å². The molecule has 1 N–H and O–H groups in total. The number of ether oxygens (including phenoxy) is 2. The fraction of sp³-hybridized carbons (Fsp3) is 0.304. The van der Waals surface area contributed by atoms with E-state index in [9.17, 15) is 0 Å². The Kier molecular flexibility index (Phi) is 7.80. The van der Waals surface area contributed by atoms with Gasteiger partial charge in [0.2, 0.25) is 0 Å². The first kappa shape index (κ1) is 21.7. The average molecular weight is 401 g/mol. The molecule has 0 atom stereocenters. The summed E-state index contributed by atoms with van der Waals surface area (Å²) in [4.78, 5) is 3.81. The van der Waals surface area contributed by atoms with Crippen molar-refractivity contribution in [1.29, 1.82) is 0 Å². The Morgan fingerprint density at radius 1 is 1.14 bits per heavy atom. The van der Waals surface area contributed by atoms with Crippen LogP contribution in [0.3, 0.4) is 0 Å². The molecule has 0 saturated carbocycles. The predicted molar refractivity (Wildman–Crippen MR) is 112 cm³/mol. The molecule has 0 aliphatic rings. The zero-order chi connectivity index (χ0) is 20.7. The summed E-state index contributed by atoms with van der Waals surface area (Å²) in [7, 11) is 0. The third-order valence-electron chi connectivity index (χ3n) is 4.04. The van der Waals surface area contributed by atoms with Crippen LogP contribution in [0.5, 0.6) is 17.2 Å². The van der Waals surface area contributed by atoms with E-state index in [1.165, 1.54) is 0 Å². The lowest BCUT2D eigenvalue weighted by molar-refractivity contribution is -0.171. The van der Waals surface area contributed by atoms with Gasteiger partial charge in [-0.3, -0.25) is 4.89 Å². The summed E-state index contributed by atoms with van der Waals surface area (Å²) >= 11 is 6.43. The standard InChI is InChI=1S/C23H25ClO4/c1-6-8-19-14-21(20(24)12-16(19)4)28-23-17(5)11-18(9-7-10-26-25)13-22(23)27-15(2)3/h6,11-15,25H,1,8-9H2,2-5H3. The number of rotatable bonds is 7. The van der Waals surface area contributed by atoms with Gasteiger partial charge < -0.3 is 9.47 Å². The fourth-order valence-electron chi connectivity index (χ4n) is 2.82. The maximum atomic E-state index is 8.35. The highest BCUT2D eigenvalue weighted by Crippen LogP contribution is 2.40. The van der Waals surface area contributed by atoms with Crippen molar-refractivity contribution in [1.82, 2.24) is 0 Å².